The molecule has 3 aliphatic rings. The number of nitrogens with zero attached hydrogens (tertiary/aromatic N) is 5. The Morgan fingerprint density at radius 3 is 2.68 bits per heavy atom. The van der Waals surface area contributed by atoms with E-state index in [2.05, 4.69) is 44.9 Å². The number of hydrogen-bond acceptors (Lipinski definition) is 6. The molecule has 0 aromatic carbocycles. The number of piperidine rings is 3. The molecule has 5 heterocycles. The Hall–Kier alpha value is -1.79. The van der Waals surface area contributed by atoms with E-state index in [9.17, 15) is 0 Å². The summed E-state index contributed by atoms with van der Waals surface area (Å²) < 4.78 is 5.89. The normalized spacial score (nSPS) is 25.8. The van der Waals surface area contributed by atoms with Gasteiger partial charge < -0.3 is 9.32 Å². The van der Waals surface area contributed by atoms with Crippen LogP contribution < -0.4 is 0 Å². The maximum atomic E-state index is 5.89. The molecule has 0 unspecified atom stereocenters. The second-order valence-electron chi connectivity index (χ2n) is 7.66. The highest BCUT2D eigenvalue weighted by Gasteiger charge is 2.38. The first-order valence-corrected chi connectivity index (χ1v) is 9.36. The summed E-state index contributed by atoms with van der Waals surface area (Å²) in [6, 6.07) is 4.71. The zero-order valence-electron chi connectivity index (χ0n) is 15.1. The van der Waals surface area contributed by atoms with Crippen LogP contribution >= 0.6 is 0 Å². The van der Waals surface area contributed by atoms with Gasteiger partial charge in [-0.2, -0.15) is 0 Å². The van der Waals surface area contributed by atoms with E-state index in [1.165, 1.54) is 31.5 Å². The van der Waals surface area contributed by atoms with Crippen molar-refractivity contribution in [2.75, 3.05) is 19.6 Å². The highest BCUT2D eigenvalue weighted by molar-refractivity contribution is 5.09. The van der Waals surface area contributed by atoms with Gasteiger partial charge in [0, 0.05) is 37.4 Å². The molecule has 2 aromatic rings. The molecule has 0 N–H and O–H groups in total. The van der Waals surface area contributed by atoms with Crippen LogP contribution in [0.25, 0.3) is 0 Å². The van der Waals surface area contributed by atoms with Crippen molar-refractivity contribution in [3.63, 3.8) is 0 Å². The van der Waals surface area contributed by atoms with Crippen LogP contribution in [-0.4, -0.2) is 50.7 Å². The first-order chi connectivity index (χ1) is 12.2. The van der Waals surface area contributed by atoms with Crippen molar-refractivity contribution in [2.45, 2.75) is 51.7 Å². The van der Waals surface area contributed by atoms with Gasteiger partial charge in [0.1, 0.15) is 0 Å². The lowest BCUT2D eigenvalue weighted by Crippen LogP contribution is -2.56. The van der Waals surface area contributed by atoms with Gasteiger partial charge in [0.2, 0.25) is 11.8 Å². The molecule has 0 aliphatic carbocycles. The molecule has 6 nitrogen and oxygen atoms in total. The minimum Gasteiger partial charge on any atom is -0.424 e. The van der Waals surface area contributed by atoms with Gasteiger partial charge >= 0.3 is 0 Å². The van der Waals surface area contributed by atoms with E-state index < -0.39 is 0 Å². The van der Waals surface area contributed by atoms with Crippen molar-refractivity contribution in [1.29, 1.82) is 0 Å². The lowest BCUT2D eigenvalue weighted by atomic mass is 9.83. The Bertz CT molecular complexity index is 678. The molecule has 0 spiro atoms. The minimum atomic E-state index is 0.268. The molecule has 25 heavy (non-hydrogen) atoms. The molecule has 3 saturated heterocycles. The summed E-state index contributed by atoms with van der Waals surface area (Å²) in [5.74, 6) is 2.49. The highest BCUT2D eigenvalue weighted by atomic mass is 16.4. The first-order valence-electron chi connectivity index (χ1n) is 9.36. The third kappa shape index (κ3) is 3.75. The SMILES string of the molecule is CC(C)c1nnc(CN(Cc2cccnc2)[C@@H]2CN3CCC2CC3)o1. The Balaban J connectivity index is 1.54. The second-order valence-corrected chi connectivity index (χ2v) is 7.66. The lowest BCUT2D eigenvalue weighted by Gasteiger charge is -2.48. The average molecular weight is 341 g/mol. The van der Waals surface area contributed by atoms with E-state index in [1.54, 1.807) is 0 Å². The van der Waals surface area contributed by atoms with Crippen LogP contribution in [0.4, 0.5) is 0 Å². The van der Waals surface area contributed by atoms with Crippen LogP contribution in [0.3, 0.4) is 0 Å². The molecule has 0 saturated carbocycles. The predicted octanol–water partition coefficient (Wildman–Crippen LogP) is 2.68. The summed E-state index contributed by atoms with van der Waals surface area (Å²) in [5.41, 5.74) is 1.24. The van der Waals surface area contributed by atoms with Gasteiger partial charge in [0.05, 0.1) is 6.54 Å². The molecule has 3 aliphatic heterocycles. The van der Waals surface area contributed by atoms with Crippen LogP contribution in [-0.2, 0) is 13.1 Å². The molecule has 1 atom stereocenters. The topological polar surface area (TPSA) is 58.3 Å². The monoisotopic (exact) mass is 341 g/mol. The Labute approximate surface area is 149 Å². The fraction of sp³-hybridized carbons (Fsp3) is 0.632. The zero-order chi connectivity index (χ0) is 17.2. The van der Waals surface area contributed by atoms with Crippen molar-refractivity contribution >= 4 is 0 Å². The second kappa shape index (κ2) is 7.22. The molecule has 2 bridgehead atoms. The quantitative estimate of drug-likeness (QED) is 0.805. The summed E-state index contributed by atoms with van der Waals surface area (Å²) in [6.45, 7) is 9.40. The summed E-state index contributed by atoms with van der Waals surface area (Å²) in [5, 5.41) is 8.49. The highest BCUT2D eigenvalue weighted by Crippen LogP contribution is 2.32. The summed E-state index contributed by atoms with van der Waals surface area (Å²) in [7, 11) is 0. The Morgan fingerprint density at radius 1 is 1.24 bits per heavy atom. The number of aromatic nitrogens is 3. The average Bonchev–Trinajstić information content (AvgIpc) is 3.12. The molecule has 2 aromatic heterocycles. The minimum absolute atomic E-state index is 0.268. The van der Waals surface area contributed by atoms with E-state index in [0.29, 0.717) is 12.6 Å². The van der Waals surface area contributed by atoms with Crippen LogP contribution in [0.1, 0.15) is 50.0 Å². The molecule has 134 valence electrons. The molecule has 0 radical (unpaired) electrons. The van der Waals surface area contributed by atoms with Crippen molar-refractivity contribution < 1.29 is 4.42 Å². The fourth-order valence-corrected chi connectivity index (χ4v) is 4.10. The van der Waals surface area contributed by atoms with Crippen LogP contribution in [0.15, 0.2) is 28.9 Å². The Morgan fingerprint density at radius 2 is 2.08 bits per heavy atom. The van der Waals surface area contributed by atoms with Gasteiger partial charge in [-0.3, -0.25) is 9.88 Å². The molecule has 6 heteroatoms. The molecule has 0 amide bonds. The van der Waals surface area contributed by atoms with Crippen molar-refractivity contribution in [3.05, 3.63) is 41.9 Å². The third-order valence-electron chi connectivity index (χ3n) is 5.51. The Kier molecular flexibility index (Phi) is 4.81. The number of hydrogen-bond donors (Lipinski definition) is 0. The number of fused-ring (bicyclic) bond motifs is 3. The largest absolute Gasteiger partial charge is 0.424 e. The molecular weight excluding hydrogens is 314 g/mol. The van der Waals surface area contributed by atoms with Crippen molar-refractivity contribution in [2.24, 2.45) is 5.92 Å². The molecular formula is C19H27N5O. The van der Waals surface area contributed by atoms with E-state index in [-0.39, 0.29) is 5.92 Å². The zero-order valence-corrected chi connectivity index (χ0v) is 15.1. The fourth-order valence-electron chi connectivity index (χ4n) is 4.10. The van der Waals surface area contributed by atoms with Crippen LogP contribution in [0, 0.1) is 5.92 Å². The van der Waals surface area contributed by atoms with Gasteiger partial charge in [-0.25, -0.2) is 0 Å². The maximum absolute atomic E-state index is 5.89. The van der Waals surface area contributed by atoms with Gasteiger partial charge in [0.15, 0.2) is 0 Å². The first kappa shape index (κ1) is 16.7. The third-order valence-corrected chi connectivity index (χ3v) is 5.51. The van der Waals surface area contributed by atoms with Gasteiger partial charge in [-0.05, 0) is 43.5 Å². The summed E-state index contributed by atoms with van der Waals surface area (Å²) >= 11 is 0. The standard InChI is InChI=1S/C19H27N5O/c1-14(2)19-22-21-18(25-19)13-24(11-15-4-3-7-20-10-15)17-12-23-8-5-16(17)6-9-23/h3-4,7,10,14,16-17H,5-6,8-9,11-13H2,1-2H3/t17-/m1/s1. The van der Waals surface area contributed by atoms with Crippen LogP contribution in [0.2, 0.25) is 0 Å². The predicted molar refractivity (Wildman–Crippen MR) is 94.8 cm³/mol. The summed E-state index contributed by atoms with van der Waals surface area (Å²) in [6.07, 6.45) is 6.39. The summed E-state index contributed by atoms with van der Waals surface area (Å²) in [4.78, 5) is 9.39. The van der Waals surface area contributed by atoms with Gasteiger partial charge in [-0.1, -0.05) is 19.9 Å². The van der Waals surface area contributed by atoms with E-state index in [4.69, 9.17) is 4.42 Å². The lowest BCUT2D eigenvalue weighted by molar-refractivity contribution is -0.00609. The molecule has 5 rings (SSSR count). The smallest absolute Gasteiger partial charge is 0.230 e. The van der Waals surface area contributed by atoms with Crippen molar-refractivity contribution in [1.82, 2.24) is 25.0 Å². The van der Waals surface area contributed by atoms with Gasteiger partial charge in [-0.15, -0.1) is 10.2 Å². The van der Waals surface area contributed by atoms with E-state index in [1.807, 2.05) is 18.5 Å². The van der Waals surface area contributed by atoms with Crippen LogP contribution in [0.5, 0.6) is 0 Å². The number of pyridine rings is 1. The molecule has 3 fully saturated rings. The van der Waals surface area contributed by atoms with E-state index >= 15 is 0 Å². The number of rotatable bonds is 6. The van der Waals surface area contributed by atoms with Crippen molar-refractivity contribution in [3.8, 4) is 0 Å². The maximum Gasteiger partial charge on any atom is 0.230 e. The van der Waals surface area contributed by atoms with Gasteiger partial charge in [0.25, 0.3) is 0 Å². The van der Waals surface area contributed by atoms with E-state index in [0.717, 1.165) is 30.8 Å².